The molecule has 0 saturated heterocycles. The minimum atomic E-state index is -0.680. The SMILES string of the molecule is COCC(O)CN(C)C(=O)c1ccccc1S. The minimum absolute atomic E-state index is 0.161. The van der Waals surface area contributed by atoms with Crippen molar-refractivity contribution in [2.24, 2.45) is 0 Å². The van der Waals surface area contributed by atoms with Crippen molar-refractivity contribution in [2.45, 2.75) is 11.0 Å². The van der Waals surface area contributed by atoms with Gasteiger partial charge in [-0.25, -0.2) is 0 Å². The summed E-state index contributed by atoms with van der Waals surface area (Å²) in [5.74, 6) is -0.161. The highest BCUT2D eigenvalue weighted by atomic mass is 32.1. The number of ether oxygens (including phenoxy) is 1. The van der Waals surface area contributed by atoms with Gasteiger partial charge in [0, 0.05) is 25.6 Å². The van der Waals surface area contributed by atoms with Gasteiger partial charge in [-0.05, 0) is 12.1 Å². The Balaban J connectivity index is 2.67. The third kappa shape index (κ3) is 4.03. The Hall–Kier alpha value is -1.04. The summed E-state index contributed by atoms with van der Waals surface area (Å²) in [6, 6.07) is 7.07. The average molecular weight is 255 g/mol. The van der Waals surface area contributed by atoms with Crippen LogP contribution in [0.15, 0.2) is 29.2 Å². The summed E-state index contributed by atoms with van der Waals surface area (Å²) in [6.45, 7) is 0.439. The first-order valence-electron chi connectivity index (χ1n) is 5.26. The maximum absolute atomic E-state index is 12.0. The van der Waals surface area contributed by atoms with Crippen molar-refractivity contribution in [1.29, 1.82) is 0 Å². The molecular weight excluding hydrogens is 238 g/mol. The van der Waals surface area contributed by atoms with Crippen LogP contribution >= 0.6 is 12.6 Å². The van der Waals surface area contributed by atoms with Crippen molar-refractivity contribution in [3.8, 4) is 0 Å². The molecule has 94 valence electrons. The van der Waals surface area contributed by atoms with E-state index >= 15 is 0 Å². The van der Waals surface area contributed by atoms with Crippen LogP contribution in [0.2, 0.25) is 0 Å². The van der Waals surface area contributed by atoms with Crippen LogP contribution in [0.3, 0.4) is 0 Å². The lowest BCUT2D eigenvalue weighted by Gasteiger charge is -2.21. The van der Waals surface area contributed by atoms with Gasteiger partial charge >= 0.3 is 0 Å². The van der Waals surface area contributed by atoms with E-state index < -0.39 is 6.10 Å². The molecule has 1 amide bonds. The van der Waals surface area contributed by atoms with Crippen molar-refractivity contribution in [2.75, 3.05) is 27.3 Å². The normalized spacial score (nSPS) is 12.2. The van der Waals surface area contributed by atoms with Gasteiger partial charge in [-0.1, -0.05) is 12.1 Å². The van der Waals surface area contributed by atoms with Crippen LogP contribution in [-0.4, -0.2) is 49.3 Å². The number of likely N-dealkylation sites (N-methyl/N-ethyl adjacent to an activating group) is 1. The van der Waals surface area contributed by atoms with Crippen LogP contribution < -0.4 is 0 Å². The molecule has 0 bridgehead atoms. The Morgan fingerprint density at radius 2 is 2.18 bits per heavy atom. The van der Waals surface area contributed by atoms with Gasteiger partial charge in [0.2, 0.25) is 0 Å². The molecule has 1 unspecified atom stereocenters. The first-order valence-corrected chi connectivity index (χ1v) is 5.71. The van der Waals surface area contributed by atoms with E-state index in [1.807, 2.05) is 6.07 Å². The summed E-state index contributed by atoms with van der Waals surface area (Å²) in [4.78, 5) is 14.1. The van der Waals surface area contributed by atoms with E-state index in [1.54, 1.807) is 25.2 Å². The number of rotatable bonds is 5. The molecule has 0 aliphatic heterocycles. The number of aliphatic hydroxyl groups excluding tert-OH is 1. The van der Waals surface area contributed by atoms with Gasteiger partial charge in [0.1, 0.15) is 0 Å². The monoisotopic (exact) mass is 255 g/mol. The number of carbonyl (C=O) groups is 1. The van der Waals surface area contributed by atoms with Crippen molar-refractivity contribution >= 4 is 18.5 Å². The van der Waals surface area contributed by atoms with Crippen molar-refractivity contribution in [1.82, 2.24) is 4.90 Å². The number of hydrogen-bond donors (Lipinski definition) is 2. The van der Waals surface area contributed by atoms with Crippen LogP contribution in [-0.2, 0) is 4.74 Å². The number of benzene rings is 1. The Morgan fingerprint density at radius 3 is 2.76 bits per heavy atom. The first kappa shape index (κ1) is 14.0. The zero-order valence-corrected chi connectivity index (χ0v) is 10.9. The summed E-state index contributed by atoms with van der Waals surface area (Å²) in [7, 11) is 3.15. The third-order valence-electron chi connectivity index (χ3n) is 2.32. The molecule has 1 aromatic rings. The molecule has 17 heavy (non-hydrogen) atoms. The fraction of sp³-hybridized carbons (Fsp3) is 0.417. The van der Waals surface area contributed by atoms with Gasteiger partial charge in [0.25, 0.3) is 5.91 Å². The predicted octanol–water partition coefficient (Wildman–Crippen LogP) is 1.05. The molecular formula is C12H17NO3S. The Bertz CT molecular complexity index is 384. The molecule has 0 aliphatic rings. The number of carbonyl (C=O) groups excluding carboxylic acids is 1. The summed E-state index contributed by atoms with van der Waals surface area (Å²) < 4.78 is 4.81. The van der Waals surface area contributed by atoms with Crippen molar-refractivity contribution in [3.05, 3.63) is 29.8 Å². The topological polar surface area (TPSA) is 49.8 Å². The number of amides is 1. The molecule has 0 saturated carbocycles. The third-order valence-corrected chi connectivity index (χ3v) is 2.71. The average Bonchev–Trinajstić information content (AvgIpc) is 2.29. The van der Waals surface area contributed by atoms with E-state index in [4.69, 9.17) is 4.74 Å². The summed E-state index contributed by atoms with van der Waals surface area (Å²) in [5, 5.41) is 9.55. The number of thiol groups is 1. The summed E-state index contributed by atoms with van der Waals surface area (Å²) in [6.07, 6.45) is -0.680. The Labute approximate surface area is 107 Å². The Morgan fingerprint density at radius 1 is 1.53 bits per heavy atom. The Kier molecular flexibility index (Phi) is 5.47. The predicted molar refractivity (Wildman–Crippen MR) is 68.5 cm³/mol. The van der Waals surface area contributed by atoms with Gasteiger partial charge in [-0.15, -0.1) is 12.6 Å². The van der Waals surface area contributed by atoms with Crippen LogP contribution in [0.1, 0.15) is 10.4 Å². The van der Waals surface area contributed by atoms with E-state index in [1.165, 1.54) is 12.0 Å². The van der Waals surface area contributed by atoms with Crippen LogP contribution in [0.5, 0.6) is 0 Å². The molecule has 5 heteroatoms. The second kappa shape index (κ2) is 6.64. The molecule has 0 fully saturated rings. The molecule has 0 spiro atoms. The highest BCUT2D eigenvalue weighted by Crippen LogP contribution is 2.14. The highest BCUT2D eigenvalue weighted by molar-refractivity contribution is 7.80. The molecule has 1 aromatic carbocycles. The van der Waals surface area contributed by atoms with Gasteiger partial charge < -0.3 is 14.7 Å². The van der Waals surface area contributed by atoms with Crippen LogP contribution in [0.25, 0.3) is 0 Å². The maximum Gasteiger partial charge on any atom is 0.254 e. The van der Waals surface area contributed by atoms with Crippen molar-refractivity contribution in [3.63, 3.8) is 0 Å². The number of nitrogens with zero attached hydrogens (tertiary/aromatic N) is 1. The van der Waals surface area contributed by atoms with E-state index in [2.05, 4.69) is 12.6 Å². The highest BCUT2D eigenvalue weighted by Gasteiger charge is 2.16. The molecule has 1 rings (SSSR count). The summed E-state index contributed by atoms with van der Waals surface area (Å²) in [5.41, 5.74) is 0.531. The smallest absolute Gasteiger partial charge is 0.254 e. The quantitative estimate of drug-likeness (QED) is 0.773. The molecule has 0 radical (unpaired) electrons. The lowest BCUT2D eigenvalue weighted by Crippen LogP contribution is -2.36. The van der Waals surface area contributed by atoms with Crippen LogP contribution in [0.4, 0.5) is 0 Å². The van der Waals surface area contributed by atoms with E-state index in [9.17, 15) is 9.90 Å². The molecule has 0 aromatic heterocycles. The van der Waals surface area contributed by atoms with Gasteiger partial charge in [-0.2, -0.15) is 0 Å². The van der Waals surface area contributed by atoms with E-state index in [0.717, 1.165) is 0 Å². The summed E-state index contributed by atoms with van der Waals surface area (Å²) >= 11 is 4.23. The first-order chi connectivity index (χ1) is 8.06. The van der Waals surface area contributed by atoms with E-state index in [0.29, 0.717) is 10.5 Å². The molecule has 1 N–H and O–H groups in total. The fourth-order valence-corrected chi connectivity index (χ4v) is 1.76. The minimum Gasteiger partial charge on any atom is -0.389 e. The largest absolute Gasteiger partial charge is 0.389 e. The molecule has 1 atom stereocenters. The van der Waals surface area contributed by atoms with Gasteiger partial charge in [0.05, 0.1) is 18.3 Å². The van der Waals surface area contributed by atoms with Crippen LogP contribution in [0, 0.1) is 0 Å². The lowest BCUT2D eigenvalue weighted by molar-refractivity contribution is 0.0379. The van der Waals surface area contributed by atoms with Gasteiger partial charge in [0.15, 0.2) is 0 Å². The zero-order valence-electron chi connectivity index (χ0n) is 9.96. The second-order valence-electron chi connectivity index (χ2n) is 3.81. The molecule has 4 nitrogen and oxygen atoms in total. The fourth-order valence-electron chi connectivity index (χ4n) is 1.50. The lowest BCUT2D eigenvalue weighted by atomic mass is 10.2. The van der Waals surface area contributed by atoms with Gasteiger partial charge in [-0.3, -0.25) is 4.79 Å². The van der Waals surface area contributed by atoms with E-state index in [-0.39, 0.29) is 19.1 Å². The number of methoxy groups -OCH3 is 1. The molecule has 0 heterocycles. The van der Waals surface area contributed by atoms with Crippen molar-refractivity contribution < 1.29 is 14.6 Å². The number of hydrogen-bond acceptors (Lipinski definition) is 4. The maximum atomic E-state index is 12.0. The zero-order chi connectivity index (χ0) is 12.8. The molecule has 0 aliphatic carbocycles. The number of aliphatic hydroxyl groups is 1. The standard InChI is InChI=1S/C12H17NO3S/c1-13(7-9(14)8-16-2)12(15)10-5-3-4-6-11(10)17/h3-6,9,14,17H,7-8H2,1-2H3. The second-order valence-corrected chi connectivity index (χ2v) is 4.29.